The summed E-state index contributed by atoms with van der Waals surface area (Å²) in [4.78, 5) is 7.92. The van der Waals surface area contributed by atoms with E-state index in [4.69, 9.17) is 9.47 Å². The number of halogens is 3. The summed E-state index contributed by atoms with van der Waals surface area (Å²) in [6, 6.07) is 21.5. The Hall–Kier alpha value is -3.65. The number of hydrogen-bond acceptors (Lipinski definition) is 5. The predicted octanol–water partition coefficient (Wildman–Crippen LogP) is 6.10. The van der Waals surface area contributed by atoms with Crippen LogP contribution >= 0.6 is 0 Å². The SMILES string of the molecule is COc1ccc(CN[C@H](C)c2cccc3ccccc23)cc1-c1ccnc(OCC(F)(F)F)n1. The minimum atomic E-state index is -4.47. The van der Waals surface area contributed by atoms with Crippen molar-refractivity contribution < 1.29 is 22.6 Å². The van der Waals surface area contributed by atoms with E-state index in [2.05, 4.69) is 52.5 Å². The fraction of sp³-hybridized carbons (Fsp3) is 0.231. The zero-order valence-electron chi connectivity index (χ0n) is 18.8. The maximum Gasteiger partial charge on any atom is 0.422 e. The second-order valence-corrected chi connectivity index (χ2v) is 7.83. The minimum absolute atomic E-state index is 0.0954. The van der Waals surface area contributed by atoms with E-state index in [1.54, 1.807) is 6.07 Å². The third kappa shape index (κ3) is 5.63. The largest absolute Gasteiger partial charge is 0.496 e. The average molecular weight is 467 g/mol. The van der Waals surface area contributed by atoms with Crippen molar-refractivity contribution in [2.24, 2.45) is 0 Å². The van der Waals surface area contributed by atoms with Crippen LogP contribution in [0.15, 0.2) is 72.9 Å². The molecule has 0 aliphatic heterocycles. The van der Waals surface area contributed by atoms with Gasteiger partial charge >= 0.3 is 12.2 Å². The van der Waals surface area contributed by atoms with Crippen molar-refractivity contribution >= 4 is 10.8 Å². The first kappa shape index (κ1) is 23.5. The molecule has 0 aliphatic rings. The second-order valence-electron chi connectivity index (χ2n) is 7.83. The highest BCUT2D eigenvalue weighted by atomic mass is 19.4. The number of methoxy groups -OCH3 is 1. The van der Waals surface area contributed by atoms with Crippen molar-refractivity contribution in [3.8, 4) is 23.0 Å². The monoisotopic (exact) mass is 467 g/mol. The highest BCUT2D eigenvalue weighted by Gasteiger charge is 2.29. The lowest BCUT2D eigenvalue weighted by atomic mass is 9.99. The van der Waals surface area contributed by atoms with Gasteiger partial charge in [-0.3, -0.25) is 0 Å². The first-order valence-electron chi connectivity index (χ1n) is 10.7. The van der Waals surface area contributed by atoms with E-state index in [1.807, 2.05) is 30.3 Å². The van der Waals surface area contributed by atoms with Crippen LogP contribution in [0.1, 0.15) is 24.1 Å². The predicted molar refractivity (Wildman–Crippen MR) is 125 cm³/mol. The zero-order chi connectivity index (χ0) is 24.1. The Labute approximate surface area is 195 Å². The Morgan fingerprint density at radius 1 is 1.00 bits per heavy atom. The lowest BCUT2D eigenvalue weighted by Crippen LogP contribution is -2.20. The highest BCUT2D eigenvalue weighted by Crippen LogP contribution is 2.31. The minimum Gasteiger partial charge on any atom is -0.496 e. The normalized spacial score (nSPS) is 12.5. The molecule has 1 atom stereocenters. The summed E-state index contributed by atoms with van der Waals surface area (Å²) in [7, 11) is 1.53. The van der Waals surface area contributed by atoms with Crippen LogP contribution in [-0.2, 0) is 6.54 Å². The number of rotatable bonds is 8. The Kier molecular flexibility index (Phi) is 6.98. The summed E-state index contributed by atoms with van der Waals surface area (Å²) in [6.45, 7) is 1.23. The van der Waals surface area contributed by atoms with Crippen molar-refractivity contribution in [1.82, 2.24) is 15.3 Å². The summed E-state index contributed by atoms with van der Waals surface area (Å²) in [5, 5.41) is 5.94. The van der Waals surface area contributed by atoms with Crippen LogP contribution in [0.5, 0.6) is 11.8 Å². The smallest absolute Gasteiger partial charge is 0.422 e. The summed E-state index contributed by atoms with van der Waals surface area (Å²) >= 11 is 0. The molecule has 0 fully saturated rings. The maximum atomic E-state index is 12.5. The summed E-state index contributed by atoms with van der Waals surface area (Å²) in [5.74, 6) is 0.548. The topological polar surface area (TPSA) is 56.3 Å². The summed E-state index contributed by atoms with van der Waals surface area (Å²) in [5.41, 5.74) is 3.22. The van der Waals surface area contributed by atoms with E-state index in [0.29, 0.717) is 23.6 Å². The molecule has 0 spiro atoms. The number of ether oxygens (including phenoxy) is 2. The third-order valence-corrected chi connectivity index (χ3v) is 5.44. The van der Waals surface area contributed by atoms with Crippen molar-refractivity contribution in [2.75, 3.05) is 13.7 Å². The molecule has 1 N–H and O–H groups in total. The van der Waals surface area contributed by atoms with Crippen LogP contribution in [0, 0.1) is 0 Å². The van der Waals surface area contributed by atoms with E-state index in [1.165, 1.54) is 29.6 Å². The van der Waals surface area contributed by atoms with Crippen molar-refractivity contribution in [2.45, 2.75) is 25.7 Å². The third-order valence-electron chi connectivity index (χ3n) is 5.44. The van der Waals surface area contributed by atoms with Gasteiger partial charge in [0.25, 0.3) is 0 Å². The van der Waals surface area contributed by atoms with E-state index >= 15 is 0 Å². The van der Waals surface area contributed by atoms with Crippen molar-refractivity contribution in [3.05, 3.63) is 84.1 Å². The molecule has 5 nitrogen and oxygen atoms in total. The number of benzene rings is 3. The highest BCUT2D eigenvalue weighted by molar-refractivity contribution is 5.86. The lowest BCUT2D eigenvalue weighted by molar-refractivity contribution is -0.154. The van der Waals surface area contributed by atoms with Gasteiger partial charge in [0.1, 0.15) is 5.75 Å². The molecule has 176 valence electrons. The van der Waals surface area contributed by atoms with Gasteiger partial charge in [0.2, 0.25) is 0 Å². The second kappa shape index (κ2) is 10.1. The van der Waals surface area contributed by atoms with E-state index < -0.39 is 12.8 Å². The van der Waals surface area contributed by atoms with Gasteiger partial charge in [-0.15, -0.1) is 0 Å². The first-order valence-corrected chi connectivity index (χ1v) is 10.7. The molecule has 0 saturated carbocycles. The van der Waals surface area contributed by atoms with Crippen molar-refractivity contribution in [3.63, 3.8) is 0 Å². The fourth-order valence-electron chi connectivity index (χ4n) is 3.78. The first-order chi connectivity index (χ1) is 16.3. The zero-order valence-corrected chi connectivity index (χ0v) is 18.8. The average Bonchev–Trinajstić information content (AvgIpc) is 2.85. The fourth-order valence-corrected chi connectivity index (χ4v) is 3.78. The molecule has 1 aromatic heterocycles. The summed E-state index contributed by atoms with van der Waals surface area (Å²) < 4.78 is 47.6. The molecule has 3 aromatic carbocycles. The molecular weight excluding hydrogens is 443 g/mol. The van der Waals surface area contributed by atoms with Crippen LogP contribution in [0.2, 0.25) is 0 Å². The van der Waals surface area contributed by atoms with Crippen molar-refractivity contribution in [1.29, 1.82) is 0 Å². The standard InChI is InChI=1S/C26H24F3N3O2/c1-17(20-9-5-7-19-6-3-4-8-21(19)20)31-15-18-10-11-24(33-2)22(14-18)23-12-13-30-25(32-23)34-16-26(27,28)29/h3-14,17,31H,15-16H2,1-2H3/t17-/m1/s1. The molecule has 4 rings (SSSR count). The molecule has 8 heteroatoms. The van der Waals surface area contributed by atoms with Gasteiger partial charge < -0.3 is 14.8 Å². The quantitative estimate of drug-likeness (QED) is 0.340. The Bertz CT molecular complexity index is 1270. The van der Waals surface area contributed by atoms with Gasteiger partial charge in [-0.2, -0.15) is 18.2 Å². The van der Waals surface area contributed by atoms with Gasteiger partial charge in [-0.05, 0) is 47.0 Å². The number of hydrogen-bond donors (Lipinski definition) is 1. The molecule has 0 amide bonds. The molecule has 0 saturated heterocycles. The van der Waals surface area contributed by atoms with Crippen LogP contribution in [0.3, 0.4) is 0 Å². The van der Waals surface area contributed by atoms with E-state index in [0.717, 1.165) is 5.56 Å². The van der Waals surface area contributed by atoms with Gasteiger partial charge in [0.05, 0.1) is 12.8 Å². The van der Waals surface area contributed by atoms with Gasteiger partial charge in [-0.25, -0.2) is 4.98 Å². The number of nitrogens with one attached hydrogen (secondary N) is 1. The van der Waals surface area contributed by atoms with Crippen LogP contribution in [-0.4, -0.2) is 29.9 Å². The van der Waals surface area contributed by atoms with E-state index in [-0.39, 0.29) is 12.1 Å². The number of aromatic nitrogens is 2. The molecule has 0 unspecified atom stereocenters. The Morgan fingerprint density at radius 2 is 1.79 bits per heavy atom. The van der Waals surface area contributed by atoms with Crippen LogP contribution in [0.25, 0.3) is 22.0 Å². The maximum absolute atomic E-state index is 12.5. The van der Waals surface area contributed by atoms with Crippen LogP contribution in [0.4, 0.5) is 13.2 Å². The number of fused-ring (bicyclic) bond motifs is 1. The Morgan fingerprint density at radius 3 is 2.59 bits per heavy atom. The van der Waals surface area contributed by atoms with Gasteiger partial charge in [-0.1, -0.05) is 48.5 Å². The number of alkyl halides is 3. The molecule has 34 heavy (non-hydrogen) atoms. The molecule has 0 bridgehead atoms. The molecule has 4 aromatic rings. The molecular formula is C26H24F3N3O2. The molecule has 1 heterocycles. The number of nitrogens with zero attached hydrogens (tertiary/aromatic N) is 2. The van der Waals surface area contributed by atoms with Gasteiger partial charge in [0, 0.05) is 24.3 Å². The lowest BCUT2D eigenvalue weighted by Gasteiger charge is -2.18. The van der Waals surface area contributed by atoms with Crippen LogP contribution < -0.4 is 14.8 Å². The van der Waals surface area contributed by atoms with Gasteiger partial charge in [0.15, 0.2) is 6.61 Å². The Balaban J connectivity index is 1.54. The van der Waals surface area contributed by atoms with E-state index in [9.17, 15) is 13.2 Å². The summed E-state index contributed by atoms with van der Waals surface area (Å²) in [6.07, 6.45) is -3.11. The molecule has 0 aliphatic carbocycles. The molecule has 0 radical (unpaired) electrons.